The summed E-state index contributed by atoms with van der Waals surface area (Å²) in [6.45, 7) is 0. The molecule has 0 atom stereocenters. The van der Waals surface area contributed by atoms with Crippen LogP contribution in [-0.4, -0.2) is 19.3 Å². The van der Waals surface area contributed by atoms with Crippen molar-refractivity contribution < 1.29 is 9.53 Å². The third-order valence-corrected chi connectivity index (χ3v) is 2.53. The van der Waals surface area contributed by atoms with Crippen LogP contribution in [0.5, 0.6) is 0 Å². The summed E-state index contributed by atoms with van der Waals surface area (Å²) in [5.74, 6) is -0.391. The number of carbonyl (C=O) groups is 1. The predicted octanol–water partition coefficient (Wildman–Crippen LogP) is 2.92. The van der Waals surface area contributed by atoms with Crippen molar-refractivity contribution in [2.45, 2.75) is 0 Å². The van der Waals surface area contributed by atoms with Gasteiger partial charge in [0.25, 0.3) is 0 Å². The van der Waals surface area contributed by atoms with E-state index in [2.05, 4.69) is 10.5 Å². The van der Waals surface area contributed by atoms with Crippen LogP contribution in [0.25, 0.3) is 0 Å². The lowest BCUT2D eigenvalue weighted by Crippen LogP contribution is -2.05. The molecule has 0 saturated heterocycles. The van der Waals surface area contributed by atoms with Crippen LogP contribution in [0.3, 0.4) is 0 Å². The Bertz CT molecular complexity index is 580. The van der Waals surface area contributed by atoms with Crippen molar-refractivity contribution in [3.8, 4) is 0 Å². The first-order chi connectivity index (χ1) is 9.31. The van der Waals surface area contributed by atoms with E-state index in [4.69, 9.17) is 4.74 Å². The summed E-state index contributed by atoms with van der Waals surface area (Å²) in [7, 11) is 1.35. The monoisotopic (exact) mass is 254 g/mol. The molecule has 0 fully saturated rings. The van der Waals surface area contributed by atoms with Crippen molar-refractivity contribution in [3.63, 3.8) is 0 Å². The maximum Gasteiger partial charge on any atom is 0.340 e. The Hall–Kier alpha value is -2.62. The molecule has 0 amide bonds. The summed E-state index contributed by atoms with van der Waals surface area (Å²) in [4.78, 5) is 11.6. The fourth-order valence-corrected chi connectivity index (χ4v) is 1.58. The molecule has 2 aromatic carbocycles. The van der Waals surface area contributed by atoms with Gasteiger partial charge in [0.2, 0.25) is 0 Å². The van der Waals surface area contributed by atoms with Crippen LogP contribution in [-0.2, 0) is 4.74 Å². The number of ether oxygens (including phenoxy) is 1. The largest absolute Gasteiger partial charge is 0.465 e. The third-order valence-electron chi connectivity index (χ3n) is 2.53. The number of nitrogens with zero attached hydrogens (tertiary/aromatic N) is 1. The fourth-order valence-electron chi connectivity index (χ4n) is 1.58. The molecule has 2 rings (SSSR count). The van der Waals surface area contributed by atoms with Gasteiger partial charge in [-0.25, -0.2) is 4.79 Å². The molecule has 0 unspecified atom stereocenters. The number of carbonyl (C=O) groups excluding carboxylic acids is 1. The van der Waals surface area contributed by atoms with Crippen molar-refractivity contribution in [2.24, 2.45) is 5.10 Å². The second-order valence-electron chi connectivity index (χ2n) is 3.82. The van der Waals surface area contributed by atoms with Gasteiger partial charge >= 0.3 is 5.97 Å². The summed E-state index contributed by atoms with van der Waals surface area (Å²) in [5.41, 5.74) is 4.89. The molecule has 1 N–H and O–H groups in total. The van der Waals surface area contributed by atoms with Crippen molar-refractivity contribution in [1.29, 1.82) is 0 Å². The standard InChI is InChI=1S/C15H14N2O2/c1-19-15(18)13-9-5-6-10-14(13)17-16-11-12-7-3-2-4-8-12/h2-11,17H,1H3/b16-11-. The highest BCUT2D eigenvalue weighted by Gasteiger charge is 2.09. The molecule has 0 bridgehead atoms. The van der Waals surface area contributed by atoms with Gasteiger partial charge in [-0.15, -0.1) is 0 Å². The van der Waals surface area contributed by atoms with Crippen LogP contribution >= 0.6 is 0 Å². The van der Waals surface area contributed by atoms with Gasteiger partial charge in [0.15, 0.2) is 0 Å². The Morgan fingerprint density at radius 1 is 1.11 bits per heavy atom. The van der Waals surface area contributed by atoms with Gasteiger partial charge in [-0.3, -0.25) is 5.43 Å². The molecule has 0 aliphatic carbocycles. The van der Waals surface area contributed by atoms with Crippen molar-refractivity contribution in [2.75, 3.05) is 12.5 Å². The molecule has 0 aliphatic rings. The number of anilines is 1. The van der Waals surface area contributed by atoms with Gasteiger partial charge in [0.1, 0.15) is 0 Å². The van der Waals surface area contributed by atoms with Gasteiger partial charge in [0.05, 0.1) is 24.6 Å². The van der Waals surface area contributed by atoms with Crippen molar-refractivity contribution in [1.82, 2.24) is 0 Å². The summed E-state index contributed by atoms with van der Waals surface area (Å²) in [5, 5.41) is 4.11. The number of nitrogens with one attached hydrogen (secondary N) is 1. The molecule has 0 aromatic heterocycles. The summed E-state index contributed by atoms with van der Waals surface area (Å²) >= 11 is 0. The molecule has 0 radical (unpaired) electrons. The summed E-state index contributed by atoms with van der Waals surface area (Å²) in [6.07, 6.45) is 1.69. The molecule has 0 aliphatic heterocycles. The first-order valence-corrected chi connectivity index (χ1v) is 5.83. The number of hydrazone groups is 1. The van der Waals surface area contributed by atoms with E-state index in [0.29, 0.717) is 11.3 Å². The molecule has 0 spiro atoms. The number of benzene rings is 2. The van der Waals surface area contributed by atoms with Gasteiger partial charge in [-0.1, -0.05) is 42.5 Å². The summed E-state index contributed by atoms with van der Waals surface area (Å²) < 4.78 is 4.71. The van der Waals surface area contributed by atoms with E-state index in [1.807, 2.05) is 36.4 Å². The number of rotatable bonds is 4. The second-order valence-corrected chi connectivity index (χ2v) is 3.82. The van der Waals surface area contributed by atoms with Crippen LogP contribution in [0.15, 0.2) is 59.7 Å². The van der Waals surface area contributed by atoms with E-state index >= 15 is 0 Å². The first kappa shape index (κ1) is 12.8. The first-order valence-electron chi connectivity index (χ1n) is 5.83. The van der Waals surface area contributed by atoms with E-state index in [1.54, 1.807) is 24.4 Å². The normalized spacial score (nSPS) is 10.4. The minimum absolute atomic E-state index is 0.391. The number of hydrogen-bond donors (Lipinski definition) is 1. The second kappa shape index (κ2) is 6.35. The van der Waals surface area contributed by atoms with E-state index in [9.17, 15) is 4.79 Å². The zero-order chi connectivity index (χ0) is 13.5. The zero-order valence-electron chi connectivity index (χ0n) is 10.5. The number of hydrogen-bond acceptors (Lipinski definition) is 4. The highest BCUT2D eigenvalue weighted by Crippen LogP contribution is 2.15. The Labute approximate surface area is 111 Å². The molecule has 96 valence electrons. The number of esters is 1. The number of methoxy groups -OCH3 is 1. The van der Waals surface area contributed by atoms with Crippen LogP contribution in [0.1, 0.15) is 15.9 Å². The lowest BCUT2D eigenvalue weighted by molar-refractivity contribution is 0.0602. The van der Waals surface area contributed by atoms with Crippen LogP contribution in [0, 0.1) is 0 Å². The zero-order valence-corrected chi connectivity index (χ0v) is 10.5. The van der Waals surface area contributed by atoms with Crippen molar-refractivity contribution in [3.05, 3.63) is 65.7 Å². The topological polar surface area (TPSA) is 50.7 Å². The third kappa shape index (κ3) is 3.42. The van der Waals surface area contributed by atoms with Gasteiger partial charge in [-0.05, 0) is 17.7 Å². The van der Waals surface area contributed by atoms with Gasteiger partial charge < -0.3 is 4.74 Å². The van der Waals surface area contributed by atoms with E-state index < -0.39 is 5.97 Å². The summed E-state index contributed by atoms with van der Waals surface area (Å²) in [6, 6.07) is 16.8. The predicted molar refractivity (Wildman–Crippen MR) is 75.4 cm³/mol. The maximum atomic E-state index is 11.6. The fraction of sp³-hybridized carbons (Fsp3) is 0.0667. The Kier molecular flexibility index (Phi) is 4.29. The highest BCUT2D eigenvalue weighted by atomic mass is 16.5. The molecule has 0 heterocycles. The Morgan fingerprint density at radius 2 is 1.79 bits per heavy atom. The maximum absolute atomic E-state index is 11.6. The molecule has 4 heteroatoms. The molecule has 4 nitrogen and oxygen atoms in total. The minimum Gasteiger partial charge on any atom is -0.465 e. The van der Waals surface area contributed by atoms with Crippen LogP contribution < -0.4 is 5.43 Å². The Morgan fingerprint density at radius 3 is 2.53 bits per heavy atom. The van der Waals surface area contributed by atoms with E-state index in [1.165, 1.54) is 7.11 Å². The smallest absolute Gasteiger partial charge is 0.340 e. The molecule has 0 saturated carbocycles. The molecular formula is C15H14N2O2. The molecule has 2 aromatic rings. The van der Waals surface area contributed by atoms with Gasteiger partial charge in [-0.2, -0.15) is 5.10 Å². The molecular weight excluding hydrogens is 240 g/mol. The van der Waals surface area contributed by atoms with E-state index in [0.717, 1.165) is 5.56 Å². The minimum atomic E-state index is -0.391. The Balaban J connectivity index is 2.12. The average Bonchev–Trinajstić information content (AvgIpc) is 2.48. The lowest BCUT2D eigenvalue weighted by atomic mass is 10.2. The lowest BCUT2D eigenvalue weighted by Gasteiger charge is -2.06. The number of para-hydroxylation sites is 1. The van der Waals surface area contributed by atoms with E-state index in [-0.39, 0.29) is 0 Å². The van der Waals surface area contributed by atoms with Gasteiger partial charge in [0, 0.05) is 0 Å². The average molecular weight is 254 g/mol. The van der Waals surface area contributed by atoms with Crippen LogP contribution in [0.4, 0.5) is 5.69 Å². The molecule has 19 heavy (non-hydrogen) atoms. The highest BCUT2D eigenvalue weighted by molar-refractivity contribution is 5.95. The van der Waals surface area contributed by atoms with Crippen LogP contribution in [0.2, 0.25) is 0 Å². The SMILES string of the molecule is COC(=O)c1ccccc1N/N=C\c1ccccc1. The quantitative estimate of drug-likeness (QED) is 0.518. The van der Waals surface area contributed by atoms with Crippen molar-refractivity contribution >= 4 is 17.9 Å².